The molecule has 6 heteroatoms. The first-order valence-electron chi connectivity index (χ1n) is 7.87. The number of methoxy groups -OCH3 is 1. The Morgan fingerprint density at radius 1 is 1.28 bits per heavy atom. The highest BCUT2D eigenvalue weighted by Gasteiger charge is 2.14. The van der Waals surface area contributed by atoms with Gasteiger partial charge in [-0.15, -0.1) is 11.3 Å². The van der Waals surface area contributed by atoms with E-state index >= 15 is 0 Å². The molecule has 25 heavy (non-hydrogen) atoms. The van der Waals surface area contributed by atoms with Crippen LogP contribution in [0.5, 0.6) is 5.75 Å². The highest BCUT2D eigenvalue weighted by Crippen LogP contribution is 2.24. The van der Waals surface area contributed by atoms with E-state index in [2.05, 4.69) is 34.3 Å². The SMILES string of the molecule is COc1cnc(C)cc1C(=O)NCc1csc(-c2cccc(C)c2)n1. The summed E-state index contributed by atoms with van der Waals surface area (Å²) in [5, 5.41) is 5.81. The van der Waals surface area contributed by atoms with Crippen molar-refractivity contribution in [1.82, 2.24) is 15.3 Å². The Morgan fingerprint density at radius 2 is 2.12 bits per heavy atom. The molecule has 5 nitrogen and oxygen atoms in total. The third-order valence-corrected chi connectivity index (χ3v) is 4.66. The van der Waals surface area contributed by atoms with E-state index < -0.39 is 0 Å². The van der Waals surface area contributed by atoms with Crippen LogP contribution in [0.1, 0.15) is 27.3 Å². The zero-order valence-electron chi connectivity index (χ0n) is 14.4. The second kappa shape index (κ2) is 7.44. The second-order valence-corrected chi connectivity index (χ2v) is 6.58. The molecule has 1 amide bonds. The summed E-state index contributed by atoms with van der Waals surface area (Å²) in [4.78, 5) is 21.2. The summed E-state index contributed by atoms with van der Waals surface area (Å²) >= 11 is 1.57. The number of carbonyl (C=O) groups is 1. The summed E-state index contributed by atoms with van der Waals surface area (Å²) in [6, 6.07) is 9.94. The number of thiazole rings is 1. The highest BCUT2D eigenvalue weighted by molar-refractivity contribution is 7.13. The van der Waals surface area contributed by atoms with Crippen molar-refractivity contribution >= 4 is 17.2 Å². The fraction of sp³-hybridized carbons (Fsp3) is 0.211. The molecule has 128 valence electrons. The molecule has 0 spiro atoms. The number of nitrogens with one attached hydrogen (secondary N) is 1. The van der Waals surface area contributed by atoms with Gasteiger partial charge in [0.25, 0.3) is 5.91 Å². The summed E-state index contributed by atoms with van der Waals surface area (Å²) < 4.78 is 5.21. The van der Waals surface area contributed by atoms with Crippen LogP contribution in [-0.2, 0) is 6.54 Å². The van der Waals surface area contributed by atoms with Crippen LogP contribution in [0.3, 0.4) is 0 Å². The summed E-state index contributed by atoms with van der Waals surface area (Å²) in [7, 11) is 1.53. The van der Waals surface area contributed by atoms with Crippen LogP contribution in [0.15, 0.2) is 41.9 Å². The monoisotopic (exact) mass is 353 g/mol. The van der Waals surface area contributed by atoms with Gasteiger partial charge < -0.3 is 10.1 Å². The Bertz CT molecular complexity index is 905. The molecule has 0 atom stereocenters. The predicted molar refractivity (Wildman–Crippen MR) is 99.0 cm³/mol. The van der Waals surface area contributed by atoms with Crippen LogP contribution >= 0.6 is 11.3 Å². The first-order chi connectivity index (χ1) is 12.1. The van der Waals surface area contributed by atoms with E-state index in [1.165, 1.54) is 12.7 Å². The van der Waals surface area contributed by atoms with Crippen LogP contribution in [0.2, 0.25) is 0 Å². The number of amides is 1. The van der Waals surface area contributed by atoms with Crippen molar-refractivity contribution in [3.8, 4) is 16.3 Å². The maximum atomic E-state index is 12.4. The number of hydrogen-bond donors (Lipinski definition) is 1. The number of pyridine rings is 1. The van der Waals surface area contributed by atoms with Gasteiger partial charge in [0.15, 0.2) is 0 Å². The molecular weight excluding hydrogens is 334 g/mol. The number of hydrogen-bond acceptors (Lipinski definition) is 5. The van der Waals surface area contributed by atoms with E-state index in [0.717, 1.165) is 22.0 Å². The number of carbonyl (C=O) groups excluding carboxylic acids is 1. The quantitative estimate of drug-likeness (QED) is 0.758. The molecule has 0 aliphatic rings. The lowest BCUT2D eigenvalue weighted by Crippen LogP contribution is -2.23. The minimum Gasteiger partial charge on any atom is -0.494 e. The number of nitrogens with zero attached hydrogens (tertiary/aromatic N) is 2. The molecule has 2 heterocycles. The smallest absolute Gasteiger partial charge is 0.255 e. The molecule has 0 saturated carbocycles. The van der Waals surface area contributed by atoms with Gasteiger partial charge in [-0.1, -0.05) is 23.8 Å². The normalized spacial score (nSPS) is 10.5. The Labute approximate surface area is 150 Å². The van der Waals surface area contributed by atoms with Gasteiger partial charge in [0.05, 0.1) is 31.1 Å². The average Bonchev–Trinajstić information content (AvgIpc) is 3.08. The van der Waals surface area contributed by atoms with Crippen molar-refractivity contribution in [3.05, 3.63) is 64.4 Å². The minimum atomic E-state index is -0.201. The van der Waals surface area contributed by atoms with Crippen molar-refractivity contribution < 1.29 is 9.53 Å². The van der Waals surface area contributed by atoms with Gasteiger partial charge >= 0.3 is 0 Å². The largest absolute Gasteiger partial charge is 0.494 e. The van der Waals surface area contributed by atoms with Crippen molar-refractivity contribution in [2.45, 2.75) is 20.4 Å². The van der Waals surface area contributed by atoms with Gasteiger partial charge in [0, 0.05) is 16.6 Å². The van der Waals surface area contributed by atoms with Gasteiger partial charge in [0.1, 0.15) is 10.8 Å². The van der Waals surface area contributed by atoms with Crippen LogP contribution in [0, 0.1) is 13.8 Å². The van der Waals surface area contributed by atoms with E-state index in [0.29, 0.717) is 17.9 Å². The highest BCUT2D eigenvalue weighted by atomic mass is 32.1. The minimum absolute atomic E-state index is 0.201. The maximum absolute atomic E-state index is 12.4. The molecule has 0 radical (unpaired) electrons. The Morgan fingerprint density at radius 3 is 2.88 bits per heavy atom. The van der Waals surface area contributed by atoms with Crippen molar-refractivity contribution in [1.29, 1.82) is 0 Å². The van der Waals surface area contributed by atoms with E-state index in [9.17, 15) is 4.79 Å². The number of rotatable bonds is 5. The van der Waals surface area contributed by atoms with Crippen LogP contribution in [0.25, 0.3) is 10.6 Å². The van der Waals surface area contributed by atoms with E-state index in [1.807, 2.05) is 24.4 Å². The van der Waals surface area contributed by atoms with Crippen LogP contribution < -0.4 is 10.1 Å². The molecule has 0 saturated heterocycles. The lowest BCUT2D eigenvalue weighted by Gasteiger charge is -2.08. The molecule has 1 aromatic carbocycles. The number of aryl methyl sites for hydroxylation is 2. The number of aromatic nitrogens is 2. The van der Waals surface area contributed by atoms with Gasteiger partial charge in [-0.2, -0.15) is 0 Å². The van der Waals surface area contributed by atoms with Crippen molar-refractivity contribution in [2.75, 3.05) is 7.11 Å². The summed E-state index contributed by atoms with van der Waals surface area (Å²) in [5.74, 6) is 0.259. The average molecular weight is 353 g/mol. The zero-order chi connectivity index (χ0) is 17.8. The molecule has 0 aliphatic heterocycles. The lowest BCUT2D eigenvalue weighted by atomic mass is 10.1. The van der Waals surface area contributed by atoms with Crippen molar-refractivity contribution in [3.63, 3.8) is 0 Å². The zero-order valence-corrected chi connectivity index (χ0v) is 15.2. The number of benzene rings is 1. The maximum Gasteiger partial charge on any atom is 0.255 e. The summed E-state index contributed by atoms with van der Waals surface area (Å²) in [5.41, 5.74) is 4.36. The van der Waals surface area contributed by atoms with Crippen LogP contribution in [-0.4, -0.2) is 23.0 Å². The predicted octanol–water partition coefficient (Wildman–Crippen LogP) is 3.76. The van der Waals surface area contributed by atoms with E-state index in [-0.39, 0.29) is 5.91 Å². The fourth-order valence-corrected chi connectivity index (χ4v) is 3.27. The summed E-state index contributed by atoms with van der Waals surface area (Å²) in [6.07, 6.45) is 1.56. The van der Waals surface area contributed by atoms with Gasteiger partial charge in [0.2, 0.25) is 0 Å². The van der Waals surface area contributed by atoms with Gasteiger partial charge in [-0.05, 0) is 26.0 Å². The van der Waals surface area contributed by atoms with E-state index in [4.69, 9.17) is 4.74 Å². The third-order valence-electron chi connectivity index (χ3n) is 3.72. The molecular formula is C19H19N3O2S. The fourth-order valence-electron chi connectivity index (χ4n) is 2.45. The molecule has 0 fully saturated rings. The molecule has 3 rings (SSSR count). The molecule has 3 aromatic rings. The molecule has 0 aliphatic carbocycles. The first-order valence-corrected chi connectivity index (χ1v) is 8.75. The van der Waals surface area contributed by atoms with Gasteiger partial charge in [-0.3, -0.25) is 9.78 Å². The lowest BCUT2D eigenvalue weighted by molar-refractivity contribution is 0.0947. The summed E-state index contributed by atoms with van der Waals surface area (Å²) in [6.45, 7) is 4.26. The van der Waals surface area contributed by atoms with E-state index in [1.54, 1.807) is 23.6 Å². The third kappa shape index (κ3) is 4.03. The van der Waals surface area contributed by atoms with Crippen LogP contribution in [0.4, 0.5) is 0 Å². The Hall–Kier alpha value is -2.73. The van der Waals surface area contributed by atoms with Crippen molar-refractivity contribution in [2.24, 2.45) is 0 Å². The molecule has 0 bridgehead atoms. The molecule has 1 N–H and O–H groups in total. The topological polar surface area (TPSA) is 64.1 Å². The Kier molecular flexibility index (Phi) is 5.09. The number of ether oxygens (including phenoxy) is 1. The standard InChI is InChI=1S/C19H19N3O2S/c1-12-5-4-6-14(7-12)19-22-15(11-25-19)9-21-18(23)16-8-13(2)20-10-17(16)24-3/h4-8,10-11H,9H2,1-3H3,(H,21,23). The molecule has 2 aromatic heterocycles. The first kappa shape index (κ1) is 17.1. The second-order valence-electron chi connectivity index (χ2n) is 5.72. The Balaban J connectivity index is 1.70. The van der Waals surface area contributed by atoms with Gasteiger partial charge in [-0.25, -0.2) is 4.98 Å². The molecule has 0 unspecified atom stereocenters.